The Morgan fingerprint density at radius 1 is 1.29 bits per heavy atom. The van der Waals surface area contributed by atoms with Crippen LogP contribution in [0.25, 0.3) is 11.0 Å². The number of hydrogen-bond donors (Lipinski definition) is 2. The molecule has 0 aliphatic heterocycles. The van der Waals surface area contributed by atoms with Crippen LogP contribution in [0.5, 0.6) is 11.5 Å². The predicted octanol–water partition coefficient (Wildman–Crippen LogP) is 4.22. The Hall–Kier alpha value is -2.57. The van der Waals surface area contributed by atoms with Gasteiger partial charge in [-0.25, -0.2) is 4.39 Å². The van der Waals surface area contributed by atoms with Crippen molar-refractivity contribution in [2.75, 3.05) is 6.54 Å². The quantitative estimate of drug-likeness (QED) is 0.687. The fourth-order valence-electron chi connectivity index (χ4n) is 2.15. The lowest BCUT2D eigenvalue weighted by Gasteiger charge is -2.12. The number of ether oxygens (including phenoxy) is 1. The van der Waals surface area contributed by atoms with Crippen LogP contribution >= 0.6 is 11.6 Å². The zero-order chi connectivity index (χ0) is 17.5. The van der Waals surface area contributed by atoms with Crippen molar-refractivity contribution >= 4 is 29.0 Å². The fraction of sp³-hybridized carbons (Fsp3) is 0.118. The lowest BCUT2D eigenvalue weighted by atomic mass is 10.1. The Morgan fingerprint density at radius 3 is 2.75 bits per heavy atom. The van der Waals surface area contributed by atoms with E-state index in [1.54, 1.807) is 12.3 Å². The van der Waals surface area contributed by atoms with E-state index < -0.39 is 5.82 Å². The van der Waals surface area contributed by atoms with Crippen molar-refractivity contribution < 1.29 is 23.4 Å². The van der Waals surface area contributed by atoms with Crippen LogP contribution in [0.4, 0.5) is 4.39 Å². The molecule has 0 aliphatic carbocycles. The van der Waals surface area contributed by atoms with Crippen molar-refractivity contribution in [2.24, 2.45) is 5.73 Å². The average molecular weight is 352 g/mol. The predicted molar refractivity (Wildman–Crippen MR) is 89.1 cm³/mol. The number of nitrogens with two attached hydrogens (primary N) is 1. The van der Waals surface area contributed by atoms with Gasteiger partial charge >= 0.3 is 0 Å². The second-order valence-corrected chi connectivity index (χ2v) is 5.15. The molecule has 1 aromatic heterocycles. The molecule has 2 aromatic carbocycles. The third-order valence-electron chi connectivity index (χ3n) is 3.17. The van der Waals surface area contributed by atoms with Crippen LogP contribution in [-0.2, 0) is 11.2 Å². The first-order valence-electron chi connectivity index (χ1n) is 7.00. The van der Waals surface area contributed by atoms with Crippen molar-refractivity contribution in [3.8, 4) is 11.5 Å². The van der Waals surface area contributed by atoms with Crippen molar-refractivity contribution in [2.45, 2.75) is 6.42 Å². The maximum Gasteiger partial charge on any atom is 0.290 e. The molecule has 3 N–H and O–H groups in total. The molecule has 0 atom stereocenters. The maximum absolute atomic E-state index is 13.5. The molecule has 0 amide bonds. The molecule has 126 valence electrons. The molecule has 0 unspecified atom stereocenters. The highest BCUT2D eigenvalue weighted by Gasteiger charge is 2.11. The van der Waals surface area contributed by atoms with Crippen LogP contribution in [0.3, 0.4) is 0 Å². The first-order valence-corrected chi connectivity index (χ1v) is 7.37. The van der Waals surface area contributed by atoms with Gasteiger partial charge in [-0.3, -0.25) is 4.79 Å². The van der Waals surface area contributed by atoms with E-state index in [0.717, 1.165) is 11.0 Å². The van der Waals surface area contributed by atoms with Crippen molar-refractivity contribution in [3.63, 3.8) is 0 Å². The van der Waals surface area contributed by atoms with Gasteiger partial charge in [-0.2, -0.15) is 0 Å². The van der Waals surface area contributed by atoms with Crippen LogP contribution in [0.1, 0.15) is 5.56 Å². The van der Waals surface area contributed by atoms with Crippen LogP contribution in [0.15, 0.2) is 47.1 Å². The van der Waals surface area contributed by atoms with E-state index in [4.69, 9.17) is 36.4 Å². The Kier molecular flexibility index (Phi) is 6.17. The molecule has 0 bridgehead atoms. The number of carboxylic acid groups (broad SMARTS) is 1. The molecular weight excluding hydrogens is 337 g/mol. The van der Waals surface area contributed by atoms with Crippen molar-refractivity contribution in [3.05, 3.63) is 59.1 Å². The van der Waals surface area contributed by atoms with Crippen LogP contribution < -0.4 is 10.5 Å². The molecular formula is C17H15ClFNO4. The number of hydrogen-bond acceptors (Lipinski definition) is 4. The van der Waals surface area contributed by atoms with Gasteiger partial charge in [0.25, 0.3) is 6.47 Å². The molecule has 0 saturated carbocycles. The summed E-state index contributed by atoms with van der Waals surface area (Å²) >= 11 is 5.83. The van der Waals surface area contributed by atoms with E-state index in [-0.39, 0.29) is 11.5 Å². The second-order valence-electron chi connectivity index (χ2n) is 4.74. The van der Waals surface area contributed by atoms with Crippen molar-refractivity contribution in [1.82, 2.24) is 0 Å². The van der Waals surface area contributed by atoms with Crippen LogP contribution in [-0.4, -0.2) is 18.1 Å². The minimum absolute atomic E-state index is 0.0233. The van der Waals surface area contributed by atoms with Gasteiger partial charge in [0.05, 0.1) is 11.3 Å². The van der Waals surface area contributed by atoms with Gasteiger partial charge < -0.3 is 20.0 Å². The zero-order valence-electron chi connectivity index (χ0n) is 12.5. The molecule has 0 spiro atoms. The molecule has 1 heterocycles. The zero-order valence-corrected chi connectivity index (χ0v) is 13.3. The molecule has 24 heavy (non-hydrogen) atoms. The highest BCUT2D eigenvalue weighted by Crippen LogP contribution is 2.32. The summed E-state index contributed by atoms with van der Waals surface area (Å²) in [6.45, 7) is 0.151. The monoisotopic (exact) mass is 351 g/mol. The molecule has 0 aliphatic rings. The molecule has 5 nitrogen and oxygen atoms in total. The average Bonchev–Trinajstić information content (AvgIpc) is 3.01. The Balaban J connectivity index is 0.000000647. The number of rotatable bonds is 4. The standard InChI is InChI=1S/C16H13ClFNO2.CH2O2/c17-13-9-16(10(3-5-19)8-14(13)18)21-12-1-2-15-11(7-12)4-6-20-15;2-1-3/h1-2,4,6-9H,3,5,19H2;1H,(H,2,3). The van der Waals surface area contributed by atoms with Gasteiger partial charge in [-0.1, -0.05) is 11.6 Å². The molecule has 3 aromatic rings. The first-order chi connectivity index (χ1) is 11.6. The van der Waals surface area contributed by atoms with Crippen LogP contribution in [0, 0.1) is 5.82 Å². The summed E-state index contributed by atoms with van der Waals surface area (Å²) < 4.78 is 24.7. The first kappa shape index (κ1) is 17.8. The Labute approximate surface area is 142 Å². The second kappa shape index (κ2) is 8.33. The van der Waals surface area contributed by atoms with Gasteiger partial charge in [0.15, 0.2) is 0 Å². The van der Waals surface area contributed by atoms with E-state index in [1.807, 2.05) is 18.2 Å². The summed E-state index contributed by atoms with van der Waals surface area (Å²) in [5.74, 6) is 0.664. The van der Waals surface area contributed by atoms with E-state index >= 15 is 0 Å². The summed E-state index contributed by atoms with van der Waals surface area (Å²) in [5.41, 5.74) is 7.01. The number of fused-ring (bicyclic) bond motifs is 1. The summed E-state index contributed by atoms with van der Waals surface area (Å²) in [6, 6.07) is 10.1. The summed E-state index contributed by atoms with van der Waals surface area (Å²) in [5, 5.41) is 7.84. The van der Waals surface area contributed by atoms with E-state index in [0.29, 0.717) is 30.0 Å². The lowest BCUT2D eigenvalue weighted by Crippen LogP contribution is -2.04. The van der Waals surface area contributed by atoms with Gasteiger partial charge in [0.2, 0.25) is 0 Å². The Bertz CT molecular complexity index is 835. The lowest BCUT2D eigenvalue weighted by molar-refractivity contribution is -0.122. The number of benzene rings is 2. The summed E-state index contributed by atoms with van der Waals surface area (Å²) in [6.07, 6.45) is 2.13. The molecule has 0 radical (unpaired) electrons. The van der Waals surface area contributed by atoms with Crippen LogP contribution in [0.2, 0.25) is 5.02 Å². The molecule has 0 fully saturated rings. The fourth-order valence-corrected chi connectivity index (χ4v) is 2.30. The minimum atomic E-state index is -0.474. The van der Waals surface area contributed by atoms with Gasteiger partial charge in [0.1, 0.15) is 22.9 Å². The smallest absolute Gasteiger partial charge is 0.290 e. The van der Waals surface area contributed by atoms with Gasteiger partial charge in [-0.15, -0.1) is 0 Å². The molecule has 3 rings (SSSR count). The number of carbonyl (C=O) groups is 1. The summed E-state index contributed by atoms with van der Waals surface area (Å²) in [7, 11) is 0. The summed E-state index contributed by atoms with van der Waals surface area (Å²) in [4.78, 5) is 8.36. The third-order valence-corrected chi connectivity index (χ3v) is 3.46. The van der Waals surface area contributed by atoms with E-state index in [9.17, 15) is 4.39 Å². The van der Waals surface area contributed by atoms with Gasteiger partial charge in [-0.05, 0) is 48.9 Å². The molecule has 7 heteroatoms. The minimum Gasteiger partial charge on any atom is -0.483 e. The SMILES string of the molecule is NCCc1cc(F)c(Cl)cc1Oc1ccc2occc2c1.O=CO. The highest BCUT2D eigenvalue weighted by atomic mass is 35.5. The highest BCUT2D eigenvalue weighted by molar-refractivity contribution is 6.30. The number of furan rings is 1. The number of halogens is 2. The largest absolute Gasteiger partial charge is 0.483 e. The normalized spacial score (nSPS) is 10.1. The van der Waals surface area contributed by atoms with Crippen molar-refractivity contribution in [1.29, 1.82) is 0 Å². The van der Waals surface area contributed by atoms with E-state index in [2.05, 4.69) is 0 Å². The van der Waals surface area contributed by atoms with Gasteiger partial charge in [0, 0.05) is 11.5 Å². The molecule has 0 saturated heterocycles. The topological polar surface area (TPSA) is 85.7 Å². The maximum atomic E-state index is 13.5. The third kappa shape index (κ3) is 4.24. The van der Waals surface area contributed by atoms with E-state index in [1.165, 1.54) is 12.1 Å². The Morgan fingerprint density at radius 2 is 2.04 bits per heavy atom.